The summed E-state index contributed by atoms with van der Waals surface area (Å²) in [5.74, 6) is -0.689. The van der Waals surface area contributed by atoms with Crippen molar-refractivity contribution in [1.29, 1.82) is 0 Å². The van der Waals surface area contributed by atoms with Crippen LogP contribution in [0, 0.1) is 6.92 Å². The number of carbonyl (C=O) groups excluding carboxylic acids is 1. The number of thiazole rings is 1. The fraction of sp³-hybridized carbons (Fsp3) is 0.267. The summed E-state index contributed by atoms with van der Waals surface area (Å²) in [6, 6.07) is 1.01. The van der Waals surface area contributed by atoms with E-state index in [1.54, 1.807) is 14.0 Å². The van der Waals surface area contributed by atoms with Gasteiger partial charge >= 0.3 is 12.4 Å². The zero-order valence-corrected chi connectivity index (χ0v) is 14.6. The summed E-state index contributed by atoms with van der Waals surface area (Å²) in [5, 5.41) is 6.65. The number of alkyl halides is 6. The second-order valence-electron chi connectivity index (χ2n) is 5.22. The maximum atomic E-state index is 12.8. The Morgan fingerprint density at radius 3 is 2.11 bits per heavy atom. The maximum absolute atomic E-state index is 12.8. The highest BCUT2D eigenvalue weighted by molar-refractivity contribution is 7.17. The van der Waals surface area contributed by atoms with E-state index in [1.165, 1.54) is 0 Å². The lowest BCUT2D eigenvalue weighted by Gasteiger charge is -2.12. The zero-order chi connectivity index (χ0) is 20.4. The predicted molar refractivity (Wildman–Crippen MR) is 87.9 cm³/mol. The average molecular weight is 410 g/mol. The van der Waals surface area contributed by atoms with Gasteiger partial charge in [0.1, 0.15) is 4.88 Å². The number of anilines is 1. The minimum atomic E-state index is -4.96. The van der Waals surface area contributed by atoms with E-state index in [0.29, 0.717) is 29.2 Å². The molecule has 2 rings (SSSR count). The Hall–Kier alpha value is -2.63. The summed E-state index contributed by atoms with van der Waals surface area (Å²) in [6.45, 7) is 1.57. The Balaban J connectivity index is 2.25. The van der Waals surface area contributed by atoms with Crippen molar-refractivity contribution in [2.24, 2.45) is 5.10 Å². The lowest BCUT2D eigenvalue weighted by molar-refractivity contribution is -0.143. The fourth-order valence-corrected chi connectivity index (χ4v) is 2.79. The van der Waals surface area contributed by atoms with Gasteiger partial charge < -0.3 is 5.32 Å². The second kappa shape index (κ2) is 7.55. The molecule has 0 bridgehead atoms. The van der Waals surface area contributed by atoms with Gasteiger partial charge in [-0.2, -0.15) is 31.4 Å². The summed E-state index contributed by atoms with van der Waals surface area (Å²) in [7, 11) is 1.60. The quantitative estimate of drug-likeness (QED) is 0.449. The van der Waals surface area contributed by atoms with Crippen molar-refractivity contribution in [3.05, 3.63) is 45.5 Å². The molecule has 1 aromatic carbocycles. The SMILES string of the molecule is CNc1nc(C)c(C(=O)N/N=C/c2cc(C(F)(F)F)cc(C(F)(F)F)c2)s1. The van der Waals surface area contributed by atoms with Gasteiger partial charge in [-0.3, -0.25) is 4.79 Å². The van der Waals surface area contributed by atoms with E-state index in [-0.39, 0.29) is 10.9 Å². The first-order chi connectivity index (χ1) is 12.4. The molecule has 0 spiro atoms. The number of aryl methyl sites for hydroxylation is 1. The number of carbonyl (C=O) groups is 1. The minimum absolute atomic E-state index is 0.00980. The summed E-state index contributed by atoms with van der Waals surface area (Å²) < 4.78 is 76.8. The van der Waals surface area contributed by atoms with Gasteiger partial charge in [0.15, 0.2) is 5.13 Å². The Morgan fingerprint density at radius 1 is 1.11 bits per heavy atom. The van der Waals surface area contributed by atoms with Crippen molar-refractivity contribution in [3.63, 3.8) is 0 Å². The number of aromatic nitrogens is 1. The number of benzene rings is 1. The Kier molecular flexibility index (Phi) is 5.78. The third-order valence-corrected chi connectivity index (χ3v) is 4.38. The average Bonchev–Trinajstić information content (AvgIpc) is 2.94. The summed E-state index contributed by atoms with van der Waals surface area (Å²) in [6.07, 6.45) is -9.22. The molecule has 27 heavy (non-hydrogen) atoms. The Bertz CT molecular complexity index is 840. The highest BCUT2D eigenvalue weighted by Crippen LogP contribution is 2.36. The monoisotopic (exact) mass is 410 g/mol. The maximum Gasteiger partial charge on any atom is 0.416 e. The highest BCUT2D eigenvalue weighted by atomic mass is 32.1. The van der Waals surface area contributed by atoms with Gasteiger partial charge in [0.2, 0.25) is 0 Å². The van der Waals surface area contributed by atoms with Crippen molar-refractivity contribution < 1.29 is 31.1 Å². The molecule has 0 aliphatic heterocycles. The normalized spacial score (nSPS) is 12.4. The van der Waals surface area contributed by atoms with Crippen LogP contribution in [0.3, 0.4) is 0 Å². The minimum Gasteiger partial charge on any atom is -0.365 e. The Morgan fingerprint density at radius 2 is 1.67 bits per heavy atom. The van der Waals surface area contributed by atoms with Gasteiger partial charge in [-0.15, -0.1) is 0 Å². The number of hydrazone groups is 1. The van der Waals surface area contributed by atoms with Crippen molar-refractivity contribution in [1.82, 2.24) is 10.4 Å². The van der Waals surface area contributed by atoms with Gasteiger partial charge in [0, 0.05) is 7.05 Å². The largest absolute Gasteiger partial charge is 0.416 e. The molecule has 0 aliphatic rings. The number of nitrogens with one attached hydrogen (secondary N) is 2. The third-order valence-electron chi connectivity index (χ3n) is 3.21. The molecule has 1 aromatic heterocycles. The van der Waals surface area contributed by atoms with Gasteiger partial charge in [-0.25, -0.2) is 10.4 Å². The number of nitrogens with zero attached hydrogens (tertiary/aromatic N) is 2. The smallest absolute Gasteiger partial charge is 0.365 e. The standard InChI is InChI=1S/C15H12F6N4OS/c1-7-11(27-13(22-2)24-7)12(26)25-23-6-8-3-9(14(16,17)18)5-10(4-8)15(19,20)21/h3-6H,1-2H3,(H,22,24)(H,25,26)/b23-6+. The second-order valence-corrected chi connectivity index (χ2v) is 6.22. The molecule has 0 atom stereocenters. The summed E-state index contributed by atoms with van der Waals surface area (Å²) >= 11 is 1.02. The van der Waals surface area contributed by atoms with Crippen LogP contribution in [0.1, 0.15) is 32.1 Å². The number of hydrogen-bond donors (Lipinski definition) is 2. The van der Waals surface area contributed by atoms with Crippen LogP contribution < -0.4 is 10.7 Å². The Labute approximate surface area is 153 Å². The fourth-order valence-electron chi connectivity index (χ4n) is 1.98. The van der Waals surface area contributed by atoms with Crippen molar-refractivity contribution in [2.75, 3.05) is 12.4 Å². The van der Waals surface area contributed by atoms with Crippen LogP contribution in [0.15, 0.2) is 23.3 Å². The summed E-state index contributed by atoms with van der Waals surface area (Å²) in [5.41, 5.74) is -0.953. The van der Waals surface area contributed by atoms with Crippen molar-refractivity contribution in [2.45, 2.75) is 19.3 Å². The van der Waals surface area contributed by atoms with E-state index in [0.717, 1.165) is 11.3 Å². The predicted octanol–water partition coefficient (Wildman–Crippen LogP) is 4.29. The topological polar surface area (TPSA) is 66.4 Å². The molecule has 0 aliphatic carbocycles. The van der Waals surface area contributed by atoms with Crippen LogP contribution in [0.25, 0.3) is 0 Å². The summed E-state index contributed by atoms with van der Waals surface area (Å²) in [4.78, 5) is 16.2. The molecule has 0 radical (unpaired) electrons. The first-order valence-electron chi connectivity index (χ1n) is 7.20. The van der Waals surface area contributed by atoms with E-state index in [1.807, 2.05) is 0 Å². The first-order valence-corrected chi connectivity index (χ1v) is 8.01. The van der Waals surface area contributed by atoms with E-state index in [9.17, 15) is 31.1 Å². The molecule has 0 unspecified atom stereocenters. The van der Waals surface area contributed by atoms with Gasteiger partial charge in [-0.1, -0.05) is 11.3 Å². The molecular formula is C15H12F6N4OS. The van der Waals surface area contributed by atoms with Gasteiger partial charge in [-0.05, 0) is 30.7 Å². The molecule has 12 heteroatoms. The molecule has 1 heterocycles. The van der Waals surface area contributed by atoms with E-state index in [2.05, 4.69) is 20.8 Å². The van der Waals surface area contributed by atoms with Crippen LogP contribution in [-0.4, -0.2) is 24.2 Å². The molecule has 5 nitrogen and oxygen atoms in total. The van der Waals surface area contributed by atoms with Crippen molar-refractivity contribution in [3.8, 4) is 0 Å². The lowest BCUT2D eigenvalue weighted by atomic mass is 10.1. The van der Waals surface area contributed by atoms with Crippen LogP contribution in [0.5, 0.6) is 0 Å². The highest BCUT2D eigenvalue weighted by Gasteiger charge is 2.36. The number of hydrogen-bond acceptors (Lipinski definition) is 5. The number of rotatable bonds is 4. The molecule has 2 aromatic rings. The van der Waals surface area contributed by atoms with E-state index in [4.69, 9.17) is 0 Å². The zero-order valence-electron chi connectivity index (χ0n) is 13.8. The van der Waals surface area contributed by atoms with Crippen LogP contribution in [0.4, 0.5) is 31.5 Å². The van der Waals surface area contributed by atoms with Gasteiger partial charge in [0.25, 0.3) is 5.91 Å². The van der Waals surface area contributed by atoms with Crippen molar-refractivity contribution >= 4 is 28.6 Å². The molecule has 1 amide bonds. The molecular weight excluding hydrogens is 398 g/mol. The van der Waals surface area contributed by atoms with E-state index >= 15 is 0 Å². The van der Waals surface area contributed by atoms with E-state index < -0.39 is 35.0 Å². The van der Waals surface area contributed by atoms with Crippen LogP contribution >= 0.6 is 11.3 Å². The first kappa shape index (κ1) is 20.7. The number of halogens is 6. The number of amides is 1. The lowest BCUT2D eigenvalue weighted by Crippen LogP contribution is -2.17. The molecule has 146 valence electrons. The molecule has 0 saturated carbocycles. The molecule has 0 fully saturated rings. The third kappa shape index (κ3) is 5.18. The van der Waals surface area contributed by atoms with Crippen LogP contribution in [0.2, 0.25) is 0 Å². The molecule has 0 saturated heterocycles. The van der Waals surface area contributed by atoms with Gasteiger partial charge in [0.05, 0.1) is 23.0 Å². The van der Waals surface area contributed by atoms with Crippen LogP contribution in [-0.2, 0) is 12.4 Å². The molecule has 2 N–H and O–H groups in total.